The molecule has 1 aromatic heterocycles. The van der Waals surface area contributed by atoms with Crippen molar-refractivity contribution >= 4 is 17.5 Å². The lowest BCUT2D eigenvalue weighted by molar-refractivity contribution is -0.692. The molecule has 1 aliphatic rings. The van der Waals surface area contributed by atoms with Crippen molar-refractivity contribution in [2.75, 3.05) is 19.8 Å². The zero-order valence-corrected chi connectivity index (χ0v) is 23.7. The van der Waals surface area contributed by atoms with E-state index in [0.717, 1.165) is 45.1 Å². The van der Waals surface area contributed by atoms with Crippen molar-refractivity contribution in [1.29, 1.82) is 0 Å². The first kappa shape index (κ1) is 31.0. The Morgan fingerprint density at radius 1 is 0.861 bits per heavy atom. The van der Waals surface area contributed by atoms with E-state index in [9.17, 15) is 4.79 Å². The largest absolute Gasteiger partial charge is 0.508 e. The Labute approximate surface area is 224 Å². The highest BCUT2D eigenvalue weighted by Crippen LogP contribution is 2.19. The molecule has 0 spiro atoms. The zero-order valence-electron chi connectivity index (χ0n) is 22.8. The van der Waals surface area contributed by atoms with Crippen molar-refractivity contribution in [1.82, 2.24) is 0 Å². The predicted octanol–water partition coefficient (Wildman–Crippen LogP) is 7.97. The van der Waals surface area contributed by atoms with Gasteiger partial charge < -0.3 is 18.9 Å². The van der Waals surface area contributed by atoms with Crippen LogP contribution < -0.4 is 4.57 Å². The molecule has 0 unspecified atom stereocenters. The van der Waals surface area contributed by atoms with Crippen LogP contribution in [0, 0.1) is 0 Å². The number of aromatic nitrogens is 1. The van der Waals surface area contributed by atoms with Crippen LogP contribution in [0.15, 0.2) is 17.1 Å². The number of unbranched alkanes of at least 4 members (excludes halogenated alkanes) is 15. The van der Waals surface area contributed by atoms with Crippen LogP contribution in [0.5, 0.6) is 0 Å². The van der Waals surface area contributed by atoms with Crippen molar-refractivity contribution < 1.29 is 28.3 Å². The molecule has 0 bridgehead atoms. The number of carbonyl (C=O) groups is 1. The third-order valence-electron chi connectivity index (χ3n) is 6.80. The SMILES string of the molecule is CCCCCCCCCCCCCCC[C@@H]1OC[C@@H](COC(=O)OCCCCCC[n+]2ccsc2)O1. The predicted molar refractivity (Wildman–Crippen MR) is 145 cm³/mol. The number of aryl methyl sites for hydroxylation is 1. The van der Waals surface area contributed by atoms with Gasteiger partial charge in [0, 0.05) is 6.42 Å². The van der Waals surface area contributed by atoms with Crippen molar-refractivity contribution in [3.63, 3.8) is 0 Å². The van der Waals surface area contributed by atoms with Crippen LogP contribution in [0.2, 0.25) is 0 Å². The van der Waals surface area contributed by atoms with Crippen LogP contribution in [0.4, 0.5) is 4.79 Å². The van der Waals surface area contributed by atoms with Crippen LogP contribution in [0.3, 0.4) is 0 Å². The highest BCUT2D eigenvalue weighted by atomic mass is 32.1. The van der Waals surface area contributed by atoms with Crippen molar-refractivity contribution in [3.05, 3.63) is 17.1 Å². The molecule has 2 heterocycles. The molecule has 1 aliphatic heterocycles. The van der Waals surface area contributed by atoms with Gasteiger partial charge in [-0.15, -0.1) is 0 Å². The van der Waals surface area contributed by atoms with E-state index < -0.39 is 6.16 Å². The Balaban J connectivity index is 1.31. The van der Waals surface area contributed by atoms with Gasteiger partial charge >= 0.3 is 6.16 Å². The van der Waals surface area contributed by atoms with Gasteiger partial charge in [-0.25, -0.2) is 4.79 Å². The maximum Gasteiger partial charge on any atom is 0.508 e. The van der Waals surface area contributed by atoms with Gasteiger partial charge in [0.25, 0.3) is 0 Å². The summed E-state index contributed by atoms with van der Waals surface area (Å²) in [7, 11) is 0. The lowest BCUT2D eigenvalue weighted by Gasteiger charge is -2.12. The van der Waals surface area contributed by atoms with E-state index in [1.165, 1.54) is 77.0 Å². The van der Waals surface area contributed by atoms with E-state index in [1.54, 1.807) is 11.3 Å². The fourth-order valence-corrected chi connectivity index (χ4v) is 5.20. The molecule has 7 heteroatoms. The van der Waals surface area contributed by atoms with E-state index in [1.807, 2.05) is 0 Å². The van der Waals surface area contributed by atoms with E-state index in [4.69, 9.17) is 18.9 Å². The highest BCUT2D eigenvalue weighted by Gasteiger charge is 2.26. The maximum atomic E-state index is 11.8. The first-order valence-corrected chi connectivity index (χ1v) is 15.7. The molecule has 0 radical (unpaired) electrons. The lowest BCUT2D eigenvalue weighted by Crippen LogP contribution is -2.29. The lowest BCUT2D eigenvalue weighted by atomic mass is 10.0. The maximum absolute atomic E-state index is 11.8. The van der Waals surface area contributed by atoms with Gasteiger partial charge in [-0.3, -0.25) is 0 Å². The molecular weight excluding hydrogens is 474 g/mol. The van der Waals surface area contributed by atoms with E-state index in [2.05, 4.69) is 28.6 Å². The Kier molecular flexibility index (Phi) is 18.9. The highest BCUT2D eigenvalue weighted by molar-refractivity contribution is 7.07. The fourth-order valence-electron chi connectivity index (χ4n) is 4.57. The summed E-state index contributed by atoms with van der Waals surface area (Å²) in [5, 5.41) is 2.09. The van der Waals surface area contributed by atoms with Crippen LogP contribution in [-0.2, 0) is 25.5 Å². The van der Waals surface area contributed by atoms with Gasteiger partial charge in [0.05, 0.1) is 18.6 Å². The van der Waals surface area contributed by atoms with Gasteiger partial charge in [-0.05, 0) is 32.1 Å². The quantitative estimate of drug-likeness (QED) is 0.0822. The van der Waals surface area contributed by atoms with Gasteiger partial charge in [0.1, 0.15) is 19.3 Å². The summed E-state index contributed by atoms with van der Waals surface area (Å²) in [5.74, 6) is 0. The van der Waals surface area contributed by atoms with Crippen molar-refractivity contribution in [2.45, 2.75) is 141 Å². The van der Waals surface area contributed by atoms with E-state index >= 15 is 0 Å². The second-order valence-electron chi connectivity index (χ2n) is 10.1. The summed E-state index contributed by atoms with van der Waals surface area (Å²) < 4.78 is 24.2. The Morgan fingerprint density at radius 3 is 2.17 bits per heavy atom. The monoisotopic (exact) mass is 526 g/mol. The van der Waals surface area contributed by atoms with Crippen LogP contribution >= 0.6 is 11.3 Å². The average Bonchev–Trinajstić information content (AvgIpc) is 3.57. The number of hydrogen-bond donors (Lipinski definition) is 0. The van der Waals surface area contributed by atoms with Crippen LogP contribution in [-0.4, -0.2) is 38.4 Å². The van der Waals surface area contributed by atoms with Crippen LogP contribution in [0.25, 0.3) is 0 Å². The van der Waals surface area contributed by atoms with Crippen LogP contribution in [0.1, 0.15) is 122 Å². The summed E-state index contributed by atoms with van der Waals surface area (Å²) in [6, 6.07) is 0. The molecule has 0 aliphatic carbocycles. The first-order valence-electron chi connectivity index (χ1n) is 14.8. The molecule has 36 heavy (non-hydrogen) atoms. The molecule has 0 N–H and O–H groups in total. The number of hydrogen-bond acceptors (Lipinski definition) is 6. The molecule has 2 rings (SSSR count). The second kappa shape index (κ2) is 21.9. The third-order valence-corrected chi connectivity index (χ3v) is 7.47. The topological polar surface area (TPSA) is 57.9 Å². The molecule has 0 aromatic carbocycles. The Hall–Kier alpha value is -1.18. The molecule has 1 fully saturated rings. The summed E-state index contributed by atoms with van der Waals surface area (Å²) in [6.45, 7) is 4.42. The molecule has 6 nitrogen and oxygen atoms in total. The number of nitrogens with zero attached hydrogens (tertiary/aromatic N) is 1. The van der Waals surface area contributed by atoms with E-state index in [0.29, 0.717) is 13.2 Å². The minimum atomic E-state index is -0.604. The third kappa shape index (κ3) is 16.5. The fraction of sp³-hybridized carbons (Fsp3) is 0.862. The molecule has 0 amide bonds. The summed E-state index contributed by atoms with van der Waals surface area (Å²) in [6.07, 6.45) is 23.9. The first-order chi connectivity index (χ1) is 17.8. The molecular formula is C29H52NO5S+. The molecule has 208 valence electrons. The van der Waals surface area contributed by atoms with Gasteiger partial charge in [0.2, 0.25) is 5.51 Å². The summed E-state index contributed by atoms with van der Waals surface area (Å²) in [5.41, 5.74) is 2.13. The molecule has 1 saturated heterocycles. The standard InChI is InChI=1S/C29H52NO5S/c1-2-3-4-5-6-7-8-9-10-11-12-13-16-19-28-33-24-27(35-28)25-34-29(31)32-22-18-15-14-17-20-30-21-23-36-26-30/h21,23,26-28H,2-20,22,24-25H2,1H3/q+1/t27-,28+/m0/s1. The van der Waals surface area contributed by atoms with Crippen molar-refractivity contribution in [2.24, 2.45) is 0 Å². The Bertz CT molecular complexity index is 627. The summed E-state index contributed by atoms with van der Waals surface area (Å²) >= 11 is 1.71. The van der Waals surface area contributed by atoms with Gasteiger partial charge in [0.15, 0.2) is 12.5 Å². The van der Waals surface area contributed by atoms with Crippen molar-refractivity contribution in [3.8, 4) is 0 Å². The number of ether oxygens (including phenoxy) is 4. The van der Waals surface area contributed by atoms with Gasteiger partial charge in [-0.2, -0.15) is 4.57 Å². The molecule has 2 atom stereocenters. The summed E-state index contributed by atoms with van der Waals surface area (Å²) in [4.78, 5) is 11.8. The number of rotatable bonds is 23. The zero-order chi connectivity index (χ0) is 25.5. The molecule has 1 aromatic rings. The van der Waals surface area contributed by atoms with Gasteiger partial charge in [-0.1, -0.05) is 95.3 Å². The second-order valence-corrected chi connectivity index (χ2v) is 10.9. The number of thiazole rings is 1. The number of carbonyl (C=O) groups excluding carboxylic acids is 1. The normalized spacial score (nSPS) is 17.5. The smallest absolute Gasteiger partial charge is 0.434 e. The minimum absolute atomic E-state index is 0.158. The van der Waals surface area contributed by atoms with E-state index in [-0.39, 0.29) is 19.0 Å². The Morgan fingerprint density at radius 2 is 1.50 bits per heavy atom. The minimum Gasteiger partial charge on any atom is -0.434 e. The average molecular weight is 527 g/mol. The molecule has 0 saturated carbocycles.